The van der Waals surface area contributed by atoms with Crippen LogP contribution in [0.2, 0.25) is 0 Å². The summed E-state index contributed by atoms with van der Waals surface area (Å²) in [7, 11) is 0. The van der Waals surface area contributed by atoms with E-state index >= 15 is 0 Å². The molecule has 1 aromatic heterocycles. The molecule has 0 bridgehead atoms. The lowest BCUT2D eigenvalue weighted by molar-refractivity contribution is -0.137. The van der Waals surface area contributed by atoms with E-state index in [-0.39, 0.29) is 0 Å². The number of aromatic nitrogens is 1. The van der Waals surface area contributed by atoms with Crippen LogP contribution in [0.4, 0.5) is 13.2 Å². The molecule has 0 amide bonds. The van der Waals surface area contributed by atoms with Gasteiger partial charge in [0.15, 0.2) is 0 Å². The number of halogens is 3. The van der Waals surface area contributed by atoms with Gasteiger partial charge in [0.05, 0.1) is 16.3 Å². The van der Waals surface area contributed by atoms with Gasteiger partial charge in [0.2, 0.25) is 0 Å². The third-order valence-corrected chi connectivity index (χ3v) is 5.54. The Hall–Kier alpha value is -1.40. The monoisotopic (exact) mass is 340 g/mol. The summed E-state index contributed by atoms with van der Waals surface area (Å²) in [6.45, 7) is 4.11. The van der Waals surface area contributed by atoms with Crippen LogP contribution < -0.4 is 5.32 Å². The van der Waals surface area contributed by atoms with Crippen LogP contribution in [0.3, 0.4) is 0 Å². The van der Waals surface area contributed by atoms with E-state index in [0.717, 1.165) is 54.3 Å². The number of nitrogens with one attached hydrogen (secondary N) is 1. The maximum absolute atomic E-state index is 12.6. The molecular weight excluding hydrogens is 321 g/mol. The second-order valence-corrected chi connectivity index (χ2v) is 7.07. The normalized spacial score (nSPS) is 16.7. The van der Waals surface area contributed by atoms with Crippen LogP contribution in [0.1, 0.15) is 45.5 Å². The molecule has 2 aromatic rings. The molecule has 1 aliphatic heterocycles. The third-order valence-electron chi connectivity index (χ3n) is 4.22. The number of hydrogen-bond donors (Lipinski definition) is 1. The fourth-order valence-electron chi connectivity index (χ4n) is 2.99. The Morgan fingerprint density at radius 2 is 1.83 bits per heavy atom. The Labute approximate surface area is 137 Å². The van der Waals surface area contributed by atoms with E-state index in [0.29, 0.717) is 12.3 Å². The molecule has 23 heavy (non-hydrogen) atoms. The van der Waals surface area contributed by atoms with Gasteiger partial charge < -0.3 is 5.32 Å². The van der Waals surface area contributed by atoms with Gasteiger partial charge in [-0.2, -0.15) is 13.2 Å². The molecule has 1 N–H and O–H groups in total. The van der Waals surface area contributed by atoms with Crippen molar-refractivity contribution in [2.75, 3.05) is 13.1 Å². The van der Waals surface area contributed by atoms with E-state index in [1.54, 1.807) is 23.5 Å². The summed E-state index contributed by atoms with van der Waals surface area (Å²) >= 11 is 1.71. The van der Waals surface area contributed by atoms with Crippen LogP contribution >= 0.6 is 11.3 Å². The molecule has 3 rings (SSSR count). The fraction of sp³-hybridized carbons (Fsp3) is 0.471. The highest BCUT2D eigenvalue weighted by molar-refractivity contribution is 7.11. The molecule has 2 heterocycles. The second kappa shape index (κ2) is 6.61. The molecule has 0 unspecified atom stereocenters. The summed E-state index contributed by atoms with van der Waals surface area (Å²) in [5.41, 5.74) is 1.33. The van der Waals surface area contributed by atoms with Gasteiger partial charge in [0.25, 0.3) is 0 Å². The zero-order valence-corrected chi connectivity index (χ0v) is 13.7. The number of benzene rings is 1. The molecule has 0 saturated carbocycles. The minimum absolute atomic E-state index is 0.565. The zero-order valence-electron chi connectivity index (χ0n) is 12.9. The smallest absolute Gasteiger partial charge is 0.317 e. The van der Waals surface area contributed by atoms with Crippen LogP contribution in [0.15, 0.2) is 24.3 Å². The molecule has 1 saturated heterocycles. The van der Waals surface area contributed by atoms with Gasteiger partial charge in [0.1, 0.15) is 0 Å². The van der Waals surface area contributed by atoms with Gasteiger partial charge in [-0.3, -0.25) is 0 Å². The minimum atomic E-state index is -4.28. The molecule has 124 valence electrons. The molecule has 0 radical (unpaired) electrons. The van der Waals surface area contributed by atoms with E-state index in [2.05, 4.69) is 10.3 Å². The highest BCUT2D eigenvalue weighted by Crippen LogP contribution is 2.34. The molecule has 0 atom stereocenters. The minimum Gasteiger partial charge on any atom is -0.317 e. The van der Waals surface area contributed by atoms with Crippen molar-refractivity contribution in [3.63, 3.8) is 0 Å². The van der Waals surface area contributed by atoms with Gasteiger partial charge in [-0.25, -0.2) is 4.98 Å². The van der Waals surface area contributed by atoms with Crippen molar-refractivity contribution < 1.29 is 13.2 Å². The maximum Gasteiger partial charge on any atom is 0.416 e. The average molecular weight is 340 g/mol. The maximum atomic E-state index is 12.6. The first kappa shape index (κ1) is 16.5. The standard InChI is InChI=1S/C17H19F3N2S/c1-11-16(13-6-8-21-9-7-13)23-15(22-11)10-12-2-4-14(5-3-12)17(18,19)20/h2-5,13,21H,6-10H2,1H3. The van der Waals surface area contributed by atoms with Crippen LogP contribution in [0.5, 0.6) is 0 Å². The molecule has 1 fully saturated rings. The largest absolute Gasteiger partial charge is 0.416 e. The van der Waals surface area contributed by atoms with Gasteiger partial charge >= 0.3 is 6.18 Å². The molecule has 1 aliphatic rings. The SMILES string of the molecule is Cc1nc(Cc2ccc(C(F)(F)F)cc2)sc1C1CCNCC1. The number of hydrogen-bond acceptors (Lipinski definition) is 3. The van der Waals surface area contributed by atoms with E-state index in [4.69, 9.17) is 0 Å². The second-order valence-electron chi connectivity index (χ2n) is 5.95. The van der Waals surface area contributed by atoms with Crippen molar-refractivity contribution in [2.24, 2.45) is 0 Å². The fourth-order valence-corrected chi connectivity index (χ4v) is 4.26. The predicted octanol–water partition coefficient (Wildman–Crippen LogP) is 4.53. The predicted molar refractivity (Wildman–Crippen MR) is 85.9 cm³/mol. The molecule has 6 heteroatoms. The van der Waals surface area contributed by atoms with Crippen molar-refractivity contribution in [2.45, 2.75) is 38.3 Å². The summed E-state index contributed by atoms with van der Waals surface area (Å²) in [5, 5.41) is 4.34. The number of alkyl halides is 3. The first-order chi connectivity index (χ1) is 10.9. The number of nitrogens with zero attached hydrogens (tertiary/aromatic N) is 1. The van der Waals surface area contributed by atoms with Crippen LogP contribution in [0, 0.1) is 6.92 Å². The Bertz CT molecular complexity index is 655. The topological polar surface area (TPSA) is 24.9 Å². The molecule has 1 aromatic carbocycles. The third kappa shape index (κ3) is 3.93. The Morgan fingerprint density at radius 3 is 2.43 bits per heavy atom. The average Bonchev–Trinajstić information content (AvgIpc) is 2.88. The Kier molecular flexibility index (Phi) is 4.73. The van der Waals surface area contributed by atoms with Crippen LogP contribution in [0.25, 0.3) is 0 Å². The van der Waals surface area contributed by atoms with E-state index in [1.165, 1.54) is 4.88 Å². The lowest BCUT2D eigenvalue weighted by Crippen LogP contribution is -2.26. The van der Waals surface area contributed by atoms with E-state index < -0.39 is 11.7 Å². The molecular formula is C17H19F3N2S. The lowest BCUT2D eigenvalue weighted by atomic mass is 9.96. The van der Waals surface area contributed by atoms with Crippen LogP contribution in [-0.2, 0) is 12.6 Å². The summed E-state index contributed by atoms with van der Waals surface area (Å²) in [5.74, 6) is 0.565. The summed E-state index contributed by atoms with van der Waals surface area (Å²) in [6.07, 6.45) is -1.43. The zero-order chi connectivity index (χ0) is 16.4. The highest BCUT2D eigenvalue weighted by Gasteiger charge is 2.30. The first-order valence-corrected chi connectivity index (χ1v) is 8.58. The number of piperidine rings is 1. The lowest BCUT2D eigenvalue weighted by Gasteiger charge is -2.21. The number of thiazole rings is 1. The highest BCUT2D eigenvalue weighted by atomic mass is 32.1. The molecule has 0 aliphatic carbocycles. The van der Waals surface area contributed by atoms with E-state index in [1.807, 2.05) is 6.92 Å². The summed E-state index contributed by atoms with van der Waals surface area (Å²) in [4.78, 5) is 5.97. The van der Waals surface area contributed by atoms with Crippen LogP contribution in [-0.4, -0.2) is 18.1 Å². The van der Waals surface area contributed by atoms with Crippen molar-refractivity contribution in [1.82, 2.24) is 10.3 Å². The summed E-state index contributed by atoms with van der Waals surface area (Å²) in [6, 6.07) is 5.38. The van der Waals surface area contributed by atoms with Gasteiger partial charge in [-0.15, -0.1) is 11.3 Å². The summed E-state index contributed by atoms with van der Waals surface area (Å²) < 4.78 is 37.8. The number of rotatable bonds is 3. The van der Waals surface area contributed by atoms with Crippen molar-refractivity contribution >= 4 is 11.3 Å². The van der Waals surface area contributed by atoms with Gasteiger partial charge in [-0.05, 0) is 56.5 Å². The first-order valence-electron chi connectivity index (χ1n) is 7.76. The van der Waals surface area contributed by atoms with Crippen molar-refractivity contribution in [1.29, 1.82) is 0 Å². The van der Waals surface area contributed by atoms with Crippen molar-refractivity contribution in [3.05, 3.63) is 51.0 Å². The molecule has 0 spiro atoms. The Morgan fingerprint density at radius 1 is 1.17 bits per heavy atom. The van der Waals surface area contributed by atoms with Crippen molar-refractivity contribution in [3.8, 4) is 0 Å². The van der Waals surface area contributed by atoms with E-state index in [9.17, 15) is 13.2 Å². The quantitative estimate of drug-likeness (QED) is 0.888. The Balaban J connectivity index is 1.73. The number of aryl methyl sites for hydroxylation is 1. The van der Waals surface area contributed by atoms with Gasteiger partial charge in [-0.1, -0.05) is 12.1 Å². The molecule has 2 nitrogen and oxygen atoms in total. The van der Waals surface area contributed by atoms with Gasteiger partial charge in [0, 0.05) is 11.3 Å².